The van der Waals surface area contributed by atoms with E-state index in [9.17, 15) is 9.59 Å². The molecule has 0 fully saturated rings. The first kappa shape index (κ1) is 25.7. The van der Waals surface area contributed by atoms with Gasteiger partial charge in [-0.05, 0) is 36.8 Å². The molecule has 4 rings (SSSR count). The van der Waals surface area contributed by atoms with Crippen LogP contribution in [0.15, 0.2) is 24.5 Å². The molecule has 1 aliphatic rings. The smallest absolute Gasteiger partial charge is 0.414 e. The average molecular weight is 510 g/mol. The molecule has 188 valence electrons. The van der Waals surface area contributed by atoms with Crippen LogP contribution in [-0.2, 0) is 16.1 Å². The topological polar surface area (TPSA) is 132 Å². The van der Waals surface area contributed by atoms with Crippen molar-refractivity contribution in [3.05, 3.63) is 35.8 Å². The van der Waals surface area contributed by atoms with Crippen molar-refractivity contribution in [3.63, 3.8) is 0 Å². The summed E-state index contributed by atoms with van der Waals surface area (Å²) < 4.78 is 17.4. The largest absolute Gasteiger partial charge is 0.480 e. The number of nitrogens with zero attached hydrogens (tertiary/aromatic N) is 5. The molecule has 0 unspecified atom stereocenters. The summed E-state index contributed by atoms with van der Waals surface area (Å²) in [6, 6.07) is 3.48. The summed E-state index contributed by atoms with van der Waals surface area (Å²) in [4.78, 5) is 36.2. The zero-order valence-electron chi connectivity index (χ0n) is 21.1. The molecule has 36 heavy (non-hydrogen) atoms. The summed E-state index contributed by atoms with van der Waals surface area (Å²) in [5, 5.41) is 10.7. The number of imidazole rings is 1. The number of anilines is 3. The van der Waals surface area contributed by atoms with E-state index in [-0.39, 0.29) is 18.9 Å². The minimum absolute atomic E-state index is 0.178. The lowest BCUT2D eigenvalue weighted by Gasteiger charge is -2.28. The molecule has 4 bridgehead atoms. The fraction of sp³-hybridized carbons (Fsp3) is 0.435. The minimum atomic E-state index is -0.764. The van der Waals surface area contributed by atoms with E-state index in [1.807, 2.05) is 13.0 Å². The van der Waals surface area contributed by atoms with E-state index < -0.39 is 22.0 Å². The molecule has 3 aromatic heterocycles. The van der Waals surface area contributed by atoms with E-state index >= 15 is 0 Å². The van der Waals surface area contributed by atoms with Gasteiger partial charge in [0.05, 0.1) is 32.2 Å². The molecular formula is C23H28AlN7O5. The van der Waals surface area contributed by atoms with Crippen LogP contribution in [0.4, 0.5) is 22.0 Å². The van der Waals surface area contributed by atoms with Crippen LogP contribution in [0.2, 0.25) is 0 Å². The number of rotatable bonds is 2. The third-order valence-electron chi connectivity index (χ3n) is 5.14. The number of ether oxygens (including phenoxy) is 3. The highest BCUT2D eigenvalue weighted by atomic mass is 27.0. The quantitative estimate of drug-likeness (QED) is 0.500. The summed E-state index contributed by atoms with van der Waals surface area (Å²) in [6.07, 6.45) is 2.48. The second-order valence-corrected chi connectivity index (χ2v) is 11.0. The minimum Gasteiger partial charge on any atom is -0.480 e. The summed E-state index contributed by atoms with van der Waals surface area (Å²) in [5.41, 5.74) is 1.48. The second kappa shape index (κ2) is 9.57. The van der Waals surface area contributed by atoms with E-state index in [4.69, 9.17) is 14.2 Å². The lowest BCUT2D eigenvalue weighted by atomic mass is 10.2. The standard InChI is InChI=1S/C23H28N7O5.Al/c1-13-11-34-12-14-7-15(21(33-6)25-9-14)27-18-8-16(29(5)22(32)35-23(2,3)4)19-24-10-17(20(31)26-13)30(19)28-18;/h7-10H,11-12H2,1-6H3,(H,26,31)(H,27,28);. The molecule has 1 aliphatic heterocycles. The molecule has 0 saturated carbocycles. The van der Waals surface area contributed by atoms with Crippen LogP contribution >= 0.6 is 0 Å². The maximum absolute atomic E-state index is 13.2. The highest BCUT2D eigenvalue weighted by Crippen LogP contribution is 2.30. The van der Waals surface area contributed by atoms with E-state index in [0.29, 0.717) is 28.7 Å². The highest BCUT2D eigenvalue weighted by molar-refractivity contribution is 6.17. The highest BCUT2D eigenvalue weighted by Gasteiger charge is 2.27. The number of aromatic nitrogens is 4. The monoisotopic (exact) mass is 509 g/mol. The lowest BCUT2D eigenvalue weighted by Crippen LogP contribution is -2.50. The Morgan fingerprint density at radius 2 is 2.03 bits per heavy atom. The molecule has 2 radical (unpaired) electrons. The van der Waals surface area contributed by atoms with Gasteiger partial charge in [-0.15, -0.1) is 5.10 Å². The number of methoxy groups -OCH3 is 1. The van der Waals surface area contributed by atoms with E-state index in [1.54, 1.807) is 40.1 Å². The summed E-state index contributed by atoms with van der Waals surface area (Å²) in [5.74, 6) is 0.257. The Morgan fingerprint density at radius 3 is 2.72 bits per heavy atom. The van der Waals surface area contributed by atoms with E-state index in [2.05, 4.69) is 42.0 Å². The van der Waals surface area contributed by atoms with Crippen molar-refractivity contribution in [1.82, 2.24) is 24.9 Å². The van der Waals surface area contributed by atoms with E-state index in [1.165, 1.54) is 22.7 Å². The van der Waals surface area contributed by atoms with Crippen LogP contribution in [0.5, 0.6) is 5.88 Å². The van der Waals surface area contributed by atoms with Gasteiger partial charge in [-0.3, -0.25) is 9.69 Å². The predicted octanol–water partition coefficient (Wildman–Crippen LogP) is 2.39. The SMILES string of the molecule is COc1ncc2cc1Nc1cc(N(C)C(=O)OC(C)(C)C)c3ncc(n3n1)C(=O)N[C@](C)([Al])COC2. The third kappa shape index (κ3) is 5.54. The fourth-order valence-electron chi connectivity index (χ4n) is 3.55. The van der Waals surface area contributed by atoms with Gasteiger partial charge in [0.15, 0.2) is 33.4 Å². The molecule has 0 spiro atoms. The van der Waals surface area contributed by atoms with Crippen molar-refractivity contribution in [1.29, 1.82) is 0 Å². The molecule has 0 aromatic carbocycles. The summed E-state index contributed by atoms with van der Waals surface area (Å²) in [6.45, 7) is 7.66. The van der Waals surface area contributed by atoms with Crippen LogP contribution in [0.25, 0.3) is 5.65 Å². The Kier molecular flexibility index (Phi) is 6.83. The van der Waals surface area contributed by atoms with Crippen molar-refractivity contribution in [2.75, 3.05) is 31.0 Å². The number of carbonyl (C=O) groups excluding carboxylic acids is 2. The average Bonchev–Trinajstić information content (AvgIpc) is 3.20. The van der Waals surface area contributed by atoms with Crippen molar-refractivity contribution >= 4 is 51.1 Å². The number of hydrogen-bond donors (Lipinski definition) is 2. The van der Waals surface area contributed by atoms with Gasteiger partial charge in [-0.25, -0.2) is 19.3 Å². The fourth-order valence-corrected chi connectivity index (χ4v) is 3.80. The van der Waals surface area contributed by atoms with Gasteiger partial charge in [-0.2, -0.15) is 0 Å². The van der Waals surface area contributed by atoms with Crippen LogP contribution in [0, 0.1) is 0 Å². The van der Waals surface area contributed by atoms with Gasteiger partial charge in [0.25, 0.3) is 5.91 Å². The number of nitrogens with one attached hydrogen (secondary N) is 2. The van der Waals surface area contributed by atoms with Gasteiger partial charge in [0, 0.05) is 19.3 Å². The van der Waals surface area contributed by atoms with Gasteiger partial charge < -0.3 is 24.8 Å². The van der Waals surface area contributed by atoms with Crippen LogP contribution in [-0.4, -0.2) is 78.6 Å². The predicted molar refractivity (Wildman–Crippen MR) is 133 cm³/mol. The van der Waals surface area contributed by atoms with Crippen molar-refractivity contribution in [2.45, 2.75) is 44.3 Å². The van der Waals surface area contributed by atoms with Gasteiger partial charge in [0.2, 0.25) is 5.88 Å². The molecule has 12 nitrogen and oxygen atoms in total. The van der Waals surface area contributed by atoms with Gasteiger partial charge >= 0.3 is 6.09 Å². The Labute approximate surface area is 216 Å². The van der Waals surface area contributed by atoms with Crippen LogP contribution in [0.1, 0.15) is 43.7 Å². The Balaban J connectivity index is 1.89. The molecule has 13 heteroatoms. The first-order valence-corrected chi connectivity index (χ1v) is 11.8. The lowest BCUT2D eigenvalue weighted by molar-refractivity contribution is 0.0589. The number of carbonyl (C=O) groups is 2. The summed E-state index contributed by atoms with van der Waals surface area (Å²) in [7, 11) is 3.08. The van der Waals surface area contributed by atoms with Crippen molar-refractivity contribution in [3.8, 4) is 5.88 Å². The van der Waals surface area contributed by atoms with Crippen LogP contribution < -0.4 is 20.3 Å². The van der Waals surface area contributed by atoms with Gasteiger partial charge in [0.1, 0.15) is 11.3 Å². The normalized spacial score (nSPS) is 18.2. The second-order valence-electron chi connectivity index (χ2n) is 9.72. The van der Waals surface area contributed by atoms with Crippen molar-refractivity contribution in [2.24, 2.45) is 0 Å². The first-order chi connectivity index (χ1) is 16.9. The van der Waals surface area contributed by atoms with Gasteiger partial charge in [-0.1, -0.05) is 6.92 Å². The number of hydrogen-bond acceptors (Lipinski definition) is 9. The molecule has 4 heterocycles. The molecule has 0 aliphatic carbocycles. The zero-order valence-corrected chi connectivity index (χ0v) is 22.2. The van der Waals surface area contributed by atoms with Crippen LogP contribution in [0.3, 0.4) is 0 Å². The zero-order chi connectivity index (χ0) is 26.3. The number of amides is 2. The number of pyridine rings is 1. The third-order valence-corrected chi connectivity index (χ3v) is 5.45. The summed E-state index contributed by atoms with van der Waals surface area (Å²) >= 11 is 2.60. The molecule has 2 amide bonds. The van der Waals surface area contributed by atoms with Crippen molar-refractivity contribution < 1.29 is 23.8 Å². The first-order valence-electron chi connectivity index (χ1n) is 11.2. The Morgan fingerprint density at radius 1 is 1.28 bits per heavy atom. The van der Waals surface area contributed by atoms with E-state index in [0.717, 1.165) is 5.56 Å². The maximum Gasteiger partial charge on any atom is 0.414 e. The maximum atomic E-state index is 13.2. The molecule has 0 saturated heterocycles. The number of fused-ring (bicyclic) bond motifs is 3. The molecular weight excluding hydrogens is 481 g/mol. The molecule has 3 aromatic rings. The molecule has 1 atom stereocenters. The Bertz CT molecular complexity index is 1320. The molecule has 2 N–H and O–H groups in total. The Hall–Kier alpha value is -3.40.